The van der Waals surface area contributed by atoms with Crippen LogP contribution in [0.5, 0.6) is 0 Å². The lowest BCUT2D eigenvalue weighted by atomic mass is 10.1. The first kappa shape index (κ1) is 13.1. The first-order chi connectivity index (χ1) is 9.33. The molecule has 2 N–H and O–H groups in total. The summed E-state index contributed by atoms with van der Waals surface area (Å²) in [5, 5.41) is 0. The third-order valence-electron chi connectivity index (χ3n) is 4.50. The van der Waals surface area contributed by atoms with E-state index in [2.05, 4.69) is 26.3 Å². The maximum absolute atomic E-state index is 6.03. The molecular weight excluding hydrogens is 238 g/mol. The molecule has 106 valence electrons. The van der Waals surface area contributed by atoms with Gasteiger partial charge in [-0.25, -0.2) is 4.98 Å². The molecule has 1 aliphatic carbocycles. The predicted molar refractivity (Wildman–Crippen MR) is 75.9 cm³/mol. The van der Waals surface area contributed by atoms with Gasteiger partial charge >= 0.3 is 0 Å². The summed E-state index contributed by atoms with van der Waals surface area (Å²) in [6.07, 6.45) is 6.71. The third-order valence-corrected chi connectivity index (χ3v) is 4.50. The fourth-order valence-electron chi connectivity index (χ4n) is 3.18. The van der Waals surface area contributed by atoms with Crippen molar-refractivity contribution in [1.29, 1.82) is 0 Å². The van der Waals surface area contributed by atoms with Crippen LogP contribution in [0.4, 0.5) is 0 Å². The van der Waals surface area contributed by atoms with Crippen molar-refractivity contribution in [2.75, 3.05) is 32.7 Å². The van der Waals surface area contributed by atoms with E-state index < -0.39 is 0 Å². The zero-order chi connectivity index (χ0) is 13.2. The Morgan fingerprint density at radius 1 is 1.32 bits per heavy atom. The van der Waals surface area contributed by atoms with Gasteiger partial charge in [0.1, 0.15) is 0 Å². The van der Waals surface area contributed by atoms with Crippen LogP contribution in [0.1, 0.15) is 31.5 Å². The van der Waals surface area contributed by atoms with Gasteiger partial charge in [-0.05, 0) is 19.8 Å². The summed E-state index contributed by atoms with van der Waals surface area (Å²) in [6, 6.07) is 1.21. The van der Waals surface area contributed by atoms with Crippen LogP contribution >= 0.6 is 0 Å². The first-order valence-corrected chi connectivity index (χ1v) is 7.51. The van der Waals surface area contributed by atoms with Crippen LogP contribution in [0.15, 0.2) is 12.5 Å². The van der Waals surface area contributed by atoms with E-state index in [4.69, 9.17) is 5.73 Å². The van der Waals surface area contributed by atoms with E-state index in [1.165, 1.54) is 31.6 Å². The monoisotopic (exact) mass is 263 g/mol. The van der Waals surface area contributed by atoms with Crippen molar-refractivity contribution in [2.45, 2.75) is 38.4 Å². The molecule has 1 unspecified atom stereocenters. The second kappa shape index (κ2) is 5.61. The van der Waals surface area contributed by atoms with E-state index in [9.17, 15) is 0 Å². The van der Waals surface area contributed by atoms with Crippen molar-refractivity contribution in [3.05, 3.63) is 18.2 Å². The lowest BCUT2D eigenvalue weighted by molar-refractivity contribution is 0.0909. The maximum atomic E-state index is 6.03. The Kier molecular flexibility index (Phi) is 3.86. The normalized spacial score (nSPS) is 23.7. The van der Waals surface area contributed by atoms with Gasteiger partial charge in [-0.1, -0.05) is 0 Å². The van der Waals surface area contributed by atoms with Crippen LogP contribution in [0.3, 0.4) is 0 Å². The van der Waals surface area contributed by atoms with Crippen molar-refractivity contribution in [3.8, 4) is 0 Å². The second-order valence-corrected chi connectivity index (χ2v) is 5.66. The molecule has 2 heterocycles. The highest BCUT2D eigenvalue weighted by molar-refractivity contribution is 5.07. The quantitative estimate of drug-likeness (QED) is 0.849. The molecule has 0 aromatic carbocycles. The average molecular weight is 263 g/mol. The Bertz CT molecular complexity index is 404. The van der Waals surface area contributed by atoms with Gasteiger partial charge in [0.25, 0.3) is 0 Å². The molecule has 19 heavy (non-hydrogen) atoms. The molecule has 1 aromatic heterocycles. The molecule has 0 amide bonds. The Hall–Kier alpha value is -0.910. The van der Waals surface area contributed by atoms with Gasteiger partial charge in [0.05, 0.1) is 18.1 Å². The van der Waals surface area contributed by atoms with E-state index in [1.807, 2.05) is 12.5 Å². The molecule has 1 aromatic rings. The summed E-state index contributed by atoms with van der Waals surface area (Å²) >= 11 is 0. The topological polar surface area (TPSA) is 50.3 Å². The van der Waals surface area contributed by atoms with Crippen LogP contribution in [-0.2, 0) is 6.54 Å². The Balaban J connectivity index is 1.66. The van der Waals surface area contributed by atoms with Crippen molar-refractivity contribution in [1.82, 2.24) is 19.4 Å². The largest absolute Gasteiger partial charge is 0.333 e. The van der Waals surface area contributed by atoms with Gasteiger partial charge in [-0.15, -0.1) is 0 Å². The van der Waals surface area contributed by atoms with Gasteiger partial charge in [0.2, 0.25) is 0 Å². The van der Waals surface area contributed by atoms with Gasteiger partial charge in [0, 0.05) is 51.5 Å². The van der Waals surface area contributed by atoms with Crippen molar-refractivity contribution in [3.63, 3.8) is 0 Å². The highest BCUT2D eigenvalue weighted by Crippen LogP contribution is 2.29. The van der Waals surface area contributed by atoms with Crippen molar-refractivity contribution in [2.24, 2.45) is 5.73 Å². The fourth-order valence-corrected chi connectivity index (χ4v) is 3.18. The molecule has 1 aliphatic heterocycles. The van der Waals surface area contributed by atoms with Crippen LogP contribution in [0, 0.1) is 0 Å². The molecule has 0 bridgehead atoms. The number of hydrogen-bond donors (Lipinski definition) is 1. The van der Waals surface area contributed by atoms with Gasteiger partial charge < -0.3 is 10.3 Å². The summed E-state index contributed by atoms with van der Waals surface area (Å²) in [6.45, 7) is 8.45. The number of aryl methyl sites for hydroxylation is 1. The summed E-state index contributed by atoms with van der Waals surface area (Å²) in [5.74, 6) is 0. The minimum atomic E-state index is 0.323. The molecule has 2 aliphatic rings. The van der Waals surface area contributed by atoms with Crippen molar-refractivity contribution < 1.29 is 0 Å². The minimum Gasteiger partial charge on any atom is -0.333 e. The van der Waals surface area contributed by atoms with E-state index in [1.54, 1.807) is 0 Å². The van der Waals surface area contributed by atoms with Crippen LogP contribution in [0.25, 0.3) is 0 Å². The lowest BCUT2D eigenvalue weighted by Gasteiger charge is -2.39. The molecule has 1 atom stereocenters. The molecule has 0 radical (unpaired) electrons. The number of rotatable bonds is 5. The number of imidazole rings is 1. The molecule has 1 saturated carbocycles. The van der Waals surface area contributed by atoms with Gasteiger partial charge in [-0.3, -0.25) is 9.80 Å². The van der Waals surface area contributed by atoms with E-state index in [-0.39, 0.29) is 0 Å². The summed E-state index contributed by atoms with van der Waals surface area (Å²) in [4.78, 5) is 9.45. The Labute approximate surface area is 115 Å². The van der Waals surface area contributed by atoms with E-state index in [0.717, 1.165) is 25.7 Å². The number of aromatic nitrogens is 2. The average Bonchev–Trinajstić information content (AvgIpc) is 3.20. The zero-order valence-electron chi connectivity index (χ0n) is 11.8. The molecule has 0 spiro atoms. The molecular formula is C14H25N5. The van der Waals surface area contributed by atoms with Crippen molar-refractivity contribution >= 4 is 0 Å². The van der Waals surface area contributed by atoms with Gasteiger partial charge in [0.15, 0.2) is 0 Å². The highest BCUT2D eigenvalue weighted by atomic mass is 15.3. The Morgan fingerprint density at radius 3 is 2.63 bits per heavy atom. The fraction of sp³-hybridized carbons (Fsp3) is 0.786. The zero-order valence-corrected chi connectivity index (χ0v) is 11.8. The highest BCUT2D eigenvalue weighted by Gasteiger charge is 2.33. The smallest absolute Gasteiger partial charge is 0.0948 e. The Morgan fingerprint density at radius 2 is 2.05 bits per heavy atom. The standard InChI is InChI=1S/C14H25N5/c1-2-17-11-16-10-14(17)13(9-15)19-7-5-18(6-8-19)12-3-4-12/h10-13H,2-9,15H2,1H3. The molecule has 2 fully saturated rings. The SMILES string of the molecule is CCn1cncc1C(CN)N1CCN(C2CC2)CC1. The van der Waals surface area contributed by atoms with Gasteiger partial charge in [-0.2, -0.15) is 0 Å². The summed E-state index contributed by atoms with van der Waals surface area (Å²) in [5.41, 5.74) is 7.30. The second-order valence-electron chi connectivity index (χ2n) is 5.66. The minimum absolute atomic E-state index is 0.323. The number of hydrogen-bond acceptors (Lipinski definition) is 4. The third kappa shape index (κ3) is 2.68. The summed E-state index contributed by atoms with van der Waals surface area (Å²) in [7, 11) is 0. The summed E-state index contributed by atoms with van der Waals surface area (Å²) < 4.78 is 2.21. The maximum Gasteiger partial charge on any atom is 0.0948 e. The van der Waals surface area contributed by atoms with Crippen LogP contribution in [-0.4, -0.2) is 58.1 Å². The van der Waals surface area contributed by atoms with E-state index >= 15 is 0 Å². The molecule has 5 heteroatoms. The van der Waals surface area contributed by atoms with E-state index in [0.29, 0.717) is 12.6 Å². The van der Waals surface area contributed by atoms with Crippen LogP contribution < -0.4 is 5.73 Å². The number of piperazine rings is 1. The predicted octanol–water partition coefficient (Wildman–Crippen LogP) is 0.683. The molecule has 5 nitrogen and oxygen atoms in total. The first-order valence-electron chi connectivity index (χ1n) is 7.51. The lowest BCUT2D eigenvalue weighted by Crippen LogP contribution is -2.49. The number of nitrogens with zero attached hydrogens (tertiary/aromatic N) is 4. The molecule has 1 saturated heterocycles. The number of nitrogens with two attached hydrogens (primary N) is 1. The molecule has 3 rings (SSSR count). The van der Waals surface area contributed by atoms with Crippen LogP contribution in [0.2, 0.25) is 0 Å².